The first-order valence-corrected chi connectivity index (χ1v) is 5.63. The van der Waals surface area contributed by atoms with Gasteiger partial charge in [0, 0.05) is 19.2 Å². The normalized spacial score (nSPS) is 26.1. The molecule has 0 bridgehead atoms. The molecule has 16 heavy (non-hydrogen) atoms. The zero-order valence-electron chi connectivity index (χ0n) is 10.2. The number of carbonyl (C=O) groups excluding carboxylic acids is 1. The maximum absolute atomic E-state index is 11.2. The van der Waals surface area contributed by atoms with Crippen molar-refractivity contribution in [1.29, 1.82) is 0 Å². The SMILES string of the molecule is COC(=O)[C@](C)(O)CN[C@@H](C)[C@@H]1CCCO1. The van der Waals surface area contributed by atoms with Crippen LogP contribution in [0.2, 0.25) is 0 Å². The highest BCUT2D eigenvalue weighted by Crippen LogP contribution is 2.16. The van der Waals surface area contributed by atoms with Crippen molar-refractivity contribution in [3.63, 3.8) is 0 Å². The van der Waals surface area contributed by atoms with E-state index in [1.54, 1.807) is 0 Å². The van der Waals surface area contributed by atoms with Gasteiger partial charge in [-0.2, -0.15) is 0 Å². The molecule has 1 aliphatic heterocycles. The van der Waals surface area contributed by atoms with Crippen LogP contribution in [0.5, 0.6) is 0 Å². The summed E-state index contributed by atoms with van der Waals surface area (Å²) >= 11 is 0. The molecule has 0 unspecified atom stereocenters. The predicted octanol–water partition coefficient (Wildman–Crippen LogP) is 0.0675. The second kappa shape index (κ2) is 5.61. The highest BCUT2D eigenvalue weighted by Gasteiger charge is 2.32. The third kappa shape index (κ3) is 3.43. The molecule has 0 saturated carbocycles. The Morgan fingerprint density at radius 3 is 2.94 bits per heavy atom. The van der Waals surface area contributed by atoms with Gasteiger partial charge in [0.05, 0.1) is 13.2 Å². The van der Waals surface area contributed by atoms with Crippen LogP contribution in [0.4, 0.5) is 0 Å². The highest BCUT2D eigenvalue weighted by molar-refractivity contribution is 5.78. The number of hydrogen-bond donors (Lipinski definition) is 2. The zero-order chi connectivity index (χ0) is 12.2. The van der Waals surface area contributed by atoms with E-state index in [0.29, 0.717) is 0 Å². The maximum atomic E-state index is 11.2. The summed E-state index contributed by atoms with van der Waals surface area (Å²) in [6, 6.07) is 0.124. The molecule has 2 N–H and O–H groups in total. The molecule has 0 spiro atoms. The van der Waals surface area contributed by atoms with Crippen LogP contribution < -0.4 is 5.32 Å². The molecule has 5 nitrogen and oxygen atoms in total. The van der Waals surface area contributed by atoms with E-state index in [2.05, 4.69) is 10.1 Å². The Morgan fingerprint density at radius 2 is 2.44 bits per heavy atom. The van der Waals surface area contributed by atoms with E-state index in [1.807, 2.05) is 6.92 Å². The van der Waals surface area contributed by atoms with Gasteiger partial charge in [0.15, 0.2) is 5.60 Å². The third-order valence-corrected chi connectivity index (χ3v) is 2.92. The summed E-state index contributed by atoms with van der Waals surface area (Å²) in [7, 11) is 1.26. The number of hydrogen-bond acceptors (Lipinski definition) is 5. The third-order valence-electron chi connectivity index (χ3n) is 2.92. The van der Waals surface area contributed by atoms with Gasteiger partial charge >= 0.3 is 5.97 Å². The summed E-state index contributed by atoms with van der Waals surface area (Å²) in [4.78, 5) is 11.2. The van der Waals surface area contributed by atoms with Crippen LogP contribution in [0.1, 0.15) is 26.7 Å². The lowest BCUT2D eigenvalue weighted by Gasteiger charge is -2.25. The summed E-state index contributed by atoms with van der Waals surface area (Å²) < 4.78 is 10.0. The fourth-order valence-electron chi connectivity index (χ4n) is 1.78. The standard InChI is InChI=1S/C11H21NO4/c1-8(9-5-4-6-16-9)12-7-11(2,14)10(13)15-3/h8-9,12,14H,4-7H2,1-3H3/t8-,9-,11+/m0/s1. The average Bonchev–Trinajstić information content (AvgIpc) is 2.78. The quantitative estimate of drug-likeness (QED) is 0.655. The van der Waals surface area contributed by atoms with Crippen LogP contribution >= 0.6 is 0 Å². The van der Waals surface area contributed by atoms with Crippen LogP contribution in [0, 0.1) is 0 Å². The van der Waals surface area contributed by atoms with Crippen molar-refractivity contribution in [2.75, 3.05) is 20.3 Å². The van der Waals surface area contributed by atoms with Gasteiger partial charge in [-0.15, -0.1) is 0 Å². The van der Waals surface area contributed by atoms with Gasteiger partial charge in [0.1, 0.15) is 0 Å². The van der Waals surface area contributed by atoms with Crippen molar-refractivity contribution in [2.24, 2.45) is 0 Å². The summed E-state index contributed by atoms with van der Waals surface area (Å²) in [6.45, 7) is 4.39. The van der Waals surface area contributed by atoms with Crippen LogP contribution in [0.15, 0.2) is 0 Å². The van der Waals surface area contributed by atoms with Gasteiger partial charge in [-0.05, 0) is 26.7 Å². The average molecular weight is 231 g/mol. The van der Waals surface area contributed by atoms with E-state index in [9.17, 15) is 9.90 Å². The van der Waals surface area contributed by atoms with Crippen molar-refractivity contribution < 1.29 is 19.4 Å². The number of rotatable bonds is 5. The molecule has 5 heteroatoms. The van der Waals surface area contributed by atoms with Crippen LogP contribution in [0.25, 0.3) is 0 Å². The Balaban J connectivity index is 2.35. The van der Waals surface area contributed by atoms with Crippen LogP contribution in [-0.2, 0) is 14.3 Å². The predicted molar refractivity (Wildman–Crippen MR) is 59.1 cm³/mol. The lowest BCUT2D eigenvalue weighted by Crippen LogP contribution is -2.50. The van der Waals surface area contributed by atoms with Gasteiger partial charge in [0.2, 0.25) is 0 Å². The summed E-state index contributed by atoms with van der Waals surface area (Å²) in [5, 5.41) is 12.9. The fourth-order valence-corrected chi connectivity index (χ4v) is 1.78. The summed E-state index contributed by atoms with van der Waals surface area (Å²) in [5.41, 5.74) is -1.48. The Morgan fingerprint density at radius 1 is 1.75 bits per heavy atom. The molecule has 0 aromatic rings. The smallest absolute Gasteiger partial charge is 0.338 e. The molecule has 0 amide bonds. The summed E-state index contributed by atoms with van der Waals surface area (Å²) in [5.74, 6) is -0.625. The molecule has 1 saturated heterocycles. The molecule has 1 rings (SSSR count). The first kappa shape index (κ1) is 13.4. The van der Waals surface area contributed by atoms with Crippen molar-refractivity contribution in [1.82, 2.24) is 5.32 Å². The molecule has 1 heterocycles. The number of carbonyl (C=O) groups is 1. The zero-order valence-corrected chi connectivity index (χ0v) is 10.2. The first-order valence-electron chi connectivity index (χ1n) is 5.63. The van der Waals surface area contributed by atoms with Gasteiger partial charge in [-0.25, -0.2) is 4.79 Å². The van der Waals surface area contributed by atoms with Crippen molar-refractivity contribution in [3.8, 4) is 0 Å². The Bertz CT molecular complexity index is 236. The maximum Gasteiger partial charge on any atom is 0.338 e. The van der Waals surface area contributed by atoms with Crippen LogP contribution in [-0.4, -0.2) is 49.1 Å². The second-order valence-electron chi connectivity index (χ2n) is 4.49. The Hall–Kier alpha value is -0.650. The van der Waals surface area contributed by atoms with E-state index in [1.165, 1.54) is 14.0 Å². The van der Waals surface area contributed by atoms with Crippen LogP contribution in [0.3, 0.4) is 0 Å². The van der Waals surface area contributed by atoms with E-state index in [4.69, 9.17) is 4.74 Å². The molecular weight excluding hydrogens is 210 g/mol. The number of nitrogens with one attached hydrogen (secondary N) is 1. The minimum Gasteiger partial charge on any atom is -0.467 e. The molecule has 1 fully saturated rings. The van der Waals surface area contributed by atoms with Crippen molar-refractivity contribution in [3.05, 3.63) is 0 Å². The Kier molecular flexibility index (Phi) is 4.70. The van der Waals surface area contributed by atoms with E-state index < -0.39 is 11.6 Å². The lowest BCUT2D eigenvalue weighted by molar-refractivity contribution is -0.160. The molecular formula is C11H21NO4. The molecule has 3 atom stereocenters. The van der Waals surface area contributed by atoms with Gasteiger partial charge in [-0.3, -0.25) is 0 Å². The number of aliphatic hydroxyl groups is 1. The fraction of sp³-hybridized carbons (Fsp3) is 0.909. The monoisotopic (exact) mass is 231 g/mol. The minimum absolute atomic E-state index is 0.124. The van der Waals surface area contributed by atoms with Gasteiger partial charge in [-0.1, -0.05) is 0 Å². The number of esters is 1. The molecule has 1 aliphatic rings. The van der Waals surface area contributed by atoms with Crippen molar-refractivity contribution in [2.45, 2.75) is 44.4 Å². The number of ether oxygens (including phenoxy) is 2. The van der Waals surface area contributed by atoms with Crippen molar-refractivity contribution >= 4 is 5.97 Å². The lowest BCUT2D eigenvalue weighted by atomic mass is 10.1. The largest absolute Gasteiger partial charge is 0.467 e. The molecule has 0 radical (unpaired) electrons. The Labute approximate surface area is 96.1 Å². The van der Waals surface area contributed by atoms with Gasteiger partial charge in [0.25, 0.3) is 0 Å². The van der Waals surface area contributed by atoms with Gasteiger partial charge < -0.3 is 19.9 Å². The molecule has 0 aromatic carbocycles. The molecule has 0 aliphatic carbocycles. The van der Waals surface area contributed by atoms with E-state index >= 15 is 0 Å². The molecule has 0 aromatic heterocycles. The topological polar surface area (TPSA) is 67.8 Å². The first-order chi connectivity index (χ1) is 7.47. The number of methoxy groups -OCH3 is 1. The van der Waals surface area contributed by atoms with E-state index in [0.717, 1.165) is 19.4 Å². The summed E-state index contributed by atoms with van der Waals surface area (Å²) in [6.07, 6.45) is 2.27. The highest BCUT2D eigenvalue weighted by atomic mass is 16.5. The second-order valence-corrected chi connectivity index (χ2v) is 4.49. The minimum atomic E-state index is -1.48. The van der Waals surface area contributed by atoms with E-state index in [-0.39, 0.29) is 18.7 Å². The molecule has 94 valence electrons.